The van der Waals surface area contributed by atoms with E-state index < -0.39 is 21.7 Å². The number of hydrogen-bond donors (Lipinski definition) is 4. The van der Waals surface area contributed by atoms with Crippen LogP contribution in [0, 0.1) is 63.6 Å². The number of nitrogens with two attached hydrogens (primary N) is 2. The van der Waals surface area contributed by atoms with Crippen molar-refractivity contribution in [1.82, 2.24) is 25.3 Å². The average molecular weight is 1410 g/mol. The molecule has 106 heavy (non-hydrogen) atoms. The van der Waals surface area contributed by atoms with Gasteiger partial charge in [0.05, 0.1) is 24.1 Å². The maximum atomic E-state index is 12.7. The molecule has 10 aromatic rings. The minimum absolute atomic E-state index is 0.160. The van der Waals surface area contributed by atoms with Crippen molar-refractivity contribution in [2.75, 3.05) is 86.6 Å². The summed E-state index contributed by atoms with van der Waals surface area (Å²) in [4.78, 5) is 32.3. The molecule has 5 saturated heterocycles. The predicted molar refractivity (Wildman–Crippen MR) is 429 cm³/mol. The van der Waals surface area contributed by atoms with Gasteiger partial charge in [0.1, 0.15) is 21.7 Å². The lowest BCUT2D eigenvalue weighted by molar-refractivity contribution is -0.124. The smallest absolute Gasteiger partial charge is 0.232 e. The van der Waals surface area contributed by atoms with Crippen LogP contribution in [0.5, 0.6) is 0 Å². The maximum Gasteiger partial charge on any atom is 0.232 e. The molecule has 0 aromatic heterocycles. The number of rotatable bonds is 16. The van der Waals surface area contributed by atoms with Crippen LogP contribution in [0.3, 0.4) is 0 Å². The Kier molecular flexibility index (Phi) is 28.3. The first kappa shape index (κ1) is 78.0. The Morgan fingerprint density at radius 2 is 0.623 bits per heavy atom. The van der Waals surface area contributed by atoms with E-state index in [9.17, 15) is 25.4 Å². The van der Waals surface area contributed by atoms with Gasteiger partial charge in [-0.3, -0.25) is 9.59 Å². The van der Waals surface area contributed by atoms with Gasteiger partial charge in [-0.25, -0.2) is 0 Å². The molecule has 5 aliphatic heterocycles. The van der Waals surface area contributed by atoms with Gasteiger partial charge in [-0.1, -0.05) is 310 Å². The van der Waals surface area contributed by atoms with E-state index in [-0.39, 0.29) is 29.6 Å². The molecular weight excluding hydrogens is 1300 g/mol. The van der Waals surface area contributed by atoms with E-state index in [1.54, 1.807) is 0 Å². The Labute approximate surface area is 630 Å². The fourth-order valence-corrected chi connectivity index (χ4v) is 17.0. The van der Waals surface area contributed by atoms with Gasteiger partial charge in [0.15, 0.2) is 0 Å². The van der Waals surface area contributed by atoms with E-state index in [0.29, 0.717) is 11.8 Å². The van der Waals surface area contributed by atoms with Gasteiger partial charge in [0, 0.05) is 26.2 Å². The molecule has 5 heterocycles. The molecule has 542 valence electrons. The first-order valence-electron chi connectivity index (χ1n) is 37.6. The Balaban J connectivity index is 0.000000139. The number of nitrogens with zero attached hydrogens (tertiary/aromatic N) is 6. The zero-order valence-corrected chi connectivity index (χ0v) is 62.1. The Morgan fingerprint density at radius 1 is 0.358 bits per heavy atom. The van der Waals surface area contributed by atoms with Crippen LogP contribution in [-0.2, 0) is 31.2 Å². The van der Waals surface area contributed by atoms with Crippen molar-refractivity contribution in [3.63, 3.8) is 0 Å². The number of carbonyl (C=O) groups is 2. The molecular formula is C94H104N10O2. The van der Waals surface area contributed by atoms with Crippen molar-refractivity contribution >= 4 is 11.8 Å². The SMILES string of the molecule is CC1CCN(C)C1.CN1CCC(C(C#N)(c2ccccc2)c2ccccc2)C1.CN1CCC(C(C(N)=O)(c2ccccc2)c2ccccc2)C1.N#CC(c1ccccc1)(c1ccccc1)C1CCNC1.N#CC(c1ccccc1)c1ccccc1.NC(=O)C(c1ccccc1)(c1ccccc1)C1CCNC1. The van der Waals surface area contributed by atoms with Gasteiger partial charge in [-0.2, -0.15) is 15.8 Å². The predicted octanol–water partition coefficient (Wildman–Crippen LogP) is 15.3. The third kappa shape index (κ3) is 18.0. The van der Waals surface area contributed by atoms with E-state index in [0.717, 1.165) is 140 Å². The number of primary amides is 2. The molecule has 5 atom stereocenters. The van der Waals surface area contributed by atoms with E-state index >= 15 is 0 Å². The Hall–Kier alpha value is -10.6. The van der Waals surface area contributed by atoms with Crippen molar-refractivity contribution in [3.8, 4) is 18.2 Å². The summed E-state index contributed by atoms with van der Waals surface area (Å²) in [6.45, 7) is 12.5. The normalized spacial score (nSPS) is 18.7. The van der Waals surface area contributed by atoms with Crippen LogP contribution in [0.2, 0.25) is 0 Å². The second-order valence-electron chi connectivity index (χ2n) is 29.0. The molecule has 0 radical (unpaired) electrons. The zero-order chi connectivity index (χ0) is 74.6. The molecule has 2 amide bonds. The van der Waals surface area contributed by atoms with Gasteiger partial charge in [0.25, 0.3) is 0 Å². The fraction of sp³-hybridized carbons (Fsp3) is 0.309. The Morgan fingerprint density at radius 3 is 0.858 bits per heavy atom. The minimum Gasteiger partial charge on any atom is -0.369 e. The summed E-state index contributed by atoms with van der Waals surface area (Å²) in [5.41, 5.74) is 19.8. The molecule has 15 rings (SSSR count). The lowest BCUT2D eigenvalue weighted by atomic mass is 9.64. The number of hydrogen-bond acceptors (Lipinski definition) is 10. The van der Waals surface area contributed by atoms with Crippen LogP contribution < -0.4 is 22.1 Å². The highest BCUT2D eigenvalue weighted by Gasteiger charge is 2.51. The molecule has 6 N–H and O–H groups in total. The highest BCUT2D eigenvalue weighted by atomic mass is 16.2. The summed E-state index contributed by atoms with van der Waals surface area (Å²) in [5.74, 6) is 1.28. The molecule has 12 nitrogen and oxygen atoms in total. The molecule has 5 fully saturated rings. The van der Waals surface area contributed by atoms with Crippen molar-refractivity contribution in [3.05, 3.63) is 359 Å². The Bertz CT molecular complexity index is 4170. The summed E-state index contributed by atoms with van der Waals surface area (Å²) in [7, 11) is 6.42. The molecule has 5 aliphatic rings. The summed E-state index contributed by atoms with van der Waals surface area (Å²) >= 11 is 0. The first-order valence-corrected chi connectivity index (χ1v) is 37.6. The molecule has 0 bridgehead atoms. The number of nitrogens with one attached hydrogen (secondary N) is 2. The van der Waals surface area contributed by atoms with Crippen LogP contribution in [0.15, 0.2) is 303 Å². The third-order valence-electron chi connectivity index (χ3n) is 22.3. The number of nitriles is 3. The quantitative estimate of drug-likeness (QED) is 0.0724. The second kappa shape index (κ2) is 38.4. The van der Waals surface area contributed by atoms with Gasteiger partial charge in [-0.15, -0.1) is 0 Å². The van der Waals surface area contributed by atoms with Crippen LogP contribution in [0.4, 0.5) is 0 Å². The fourth-order valence-electron chi connectivity index (χ4n) is 17.0. The number of benzene rings is 10. The highest BCUT2D eigenvalue weighted by molar-refractivity contribution is 5.92. The number of amides is 2. The minimum atomic E-state index is -0.758. The topological polar surface area (TPSA) is 191 Å². The lowest BCUT2D eigenvalue weighted by Gasteiger charge is -2.37. The monoisotopic (exact) mass is 1400 g/mol. The van der Waals surface area contributed by atoms with Crippen LogP contribution in [0.25, 0.3) is 0 Å². The summed E-state index contributed by atoms with van der Waals surface area (Å²) in [6.07, 6.45) is 5.43. The zero-order valence-electron chi connectivity index (χ0n) is 62.1. The standard InChI is InChI=1S/C19H22N2O.C19H20N2.C18H20N2O.C18H18N2.C14H11N.C6H13N/c1-21-13-12-17(14-21)19(18(20)22,15-8-4-2-5-9-15)16-10-6-3-7-11-16;1-21-13-12-18(14-21)19(15-20,16-8-4-2-5-9-16)17-10-6-3-7-11-17;19-17(21)18(16-11-12-20-13-16,14-7-3-1-4-8-14)15-9-5-2-6-10-15;19-14-18(17-11-12-20-13-17,15-7-3-1-4-8-15)16-9-5-2-6-10-16;15-11-14(12-7-3-1-4-8-12)13-9-5-2-6-10-13;1-6-3-4-7(2)5-6/h2-11,17H,12-14H2,1H3,(H2,20,22);2-11,18H,12-14H2,1H3;1-10,16,20H,11-13H2,(H2,19,21);1-10,17,20H,11-13H2;1-10,14H;6H,3-5H2,1-2H3. The molecule has 0 saturated carbocycles. The summed E-state index contributed by atoms with van der Waals surface area (Å²) in [6, 6.07) is 108. The lowest BCUT2D eigenvalue weighted by Crippen LogP contribution is -2.49. The molecule has 0 spiro atoms. The van der Waals surface area contributed by atoms with Gasteiger partial charge in [0.2, 0.25) is 11.8 Å². The van der Waals surface area contributed by atoms with E-state index in [2.05, 4.69) is 120 Å². The number of carbonyl (C=O) groups excluding carboxylic acids is 2. The van der Waals surface area contributed by atoms with E-state index in [4.69, 9.17) is 11.5 Å². The maximum absolute atomic E-state index is 12.7. The van der Waals surface area contributed by atoms with Crippen molar-refractivity contribution in [1.29, 1.82) is 15.8 Å². The van der Waals surface area contributed by atoms with Crippen molar-refractivity contribution in [2.24, 2.45) is 41.1 Å². The average Bonchev–Trinajstić information content (AvgIpc) is 1.30. The largest absolute Gasteiger partial charge is 0.369 e. The van der Waals surface area contributed by atoms with Crippen LogP contribution >= 0.6 is 0 Å². The molecule has 5 unspecified atom stereocenters. The molecule has 10 aromatic carbocycles. The van der Waals surface area contributed by atoms with Crippen molar-refractivity contribution < 1.29 is 9.59 Å². The number of likely N-dealkylation sites (tertiary alicyclic amines) is 3. The van der Waals surface area contributed by atoms with Gasteiger partial charge in [-0.05, 0) is 178 Å². The van der Waals surface area contributed by atoms with Crippen LogP contribution in [-0.4, -0.2) is 113 Å². The third-order valence-corrected chi connectivity index (χ3v) is 22.3. The van der Waals surface area contributed by atoms with Crippen molar-refractivity contribution in [2.45, 2.75) is 66.6 Å². The van der Waals surface area contributed by atoms with E-state index in [1.807, 2.05) is 255 Å². The summed E-state index contributed by atoms with van der Waals surface area (Å²) < 4.78 is 0. The second-order valence-corrected chi connectivity index (χ2v) is 29.0. The summed E-state index contributed by atoms with van der Waals surface area (Å²) in [5, 5.41) is 36.2. The molecule has 0 aliphatic carbocycles. The first-order chi connectivity index (χ1) is 51.8. The highest BCUT2D eigenvalue weighted by Crippen LogP contribution is 2.47. The van der Waals surface area contributed by atoms with Crippen LogP contribution in [0.1, 0.15) is 101 Å². The van der Waals surface area contributed by atoms with Gasteiger partial charge >= 0.3 is 0 Å². The van der Waals surface area contributed by atoms with E-state index in [1.165, 1.54) is 19.5 Å². The molecule has 12 heteroatoms. The van der Waals surface area contributed by atoms with Gasteiger partial charge < -0.3 is 36.8 Å².